The summed E-state index contributed by atoms with van der Waals surface area (Å²) in [6, 6.07) is 4.51. The highest BCUT2D eigenvalue weighted by Gasteiger charge is 2.22. The third-order valence-corrected chi connectivity index (χ3v) is 4.22. The molecule has 1 N–H and O–H groups in total. The van der Waals surface area contributed by atoms with Crippen molar-refractivity contribution in [3.8, 4) is 10.4 Å². The van der Waals surface area contributed by atoms with Crippen molar-refractivity contribution >= 4 is 28.9 Å². The van der Waals surface area contributed by atoms with Gasteiger partial charge in [0, 0.05) is 11.5 Å². The van der Waals surface area contributed by atoms with Crippen LogP contribution in [0.15, 0.2) is 18.2 Å². The lowest BCUT2D eigenvalue weighted by Gasteiger charge is -2.02. The van der Waals surface area contributed by atoms with Gasteiger partial charge >= 0.3 is 5.97 Å². The number of aromatic nitrogens is 1. The van der Waals surface area contributed by atoms with Crippen LogP contribution < -0.4 is 0 Å². The Morgan fingerprint density at radius 2 is 2.16 bits per heavy atom. The van der Waals surface area contributed by atoms with Gasteiger partial charge in [0.1, 0.15) is 5.82 Å². The highest BCUT2D eigenvalue weighted by atomic mass is 35.5. The largest absolute Gasteiger partial charge is 0.476 e. The number of carboxylic acids is 1. The summed E-state index contributed by atoms with van der Waals surface area (Å²) in [5.74, 6) is -1.71. The standard InChI is InChI=1S/C13H11ClFNO2S/c1-6(2)12-16-10(13(17)18)11(19-12)7-4-3-5-8(14)9(7)15/h3-6H,1-2H3,(H,17,18). The SMILES string of the molecule is CC(C)c1nc(C(=O)O)c(-c2cccc(Cl)c2F)s1. The maximum Gasteiger partial charge on any atom is 0.356 e. The molecule has 1 heterocycles. The second-order valence-electron chi connectivity index (χ2n) is 4.29. The molecule has 0 bridgehead atoms. The van der Waals surface area contributed by atoms with Gasteiger partial charge in [-0.25, -0.2) is 14.2 Å². The molecular weight excluding hydrogens is 289 g/mol. The minimum atomic E-state index is -1.17. The van der Waals surface area contributed by atoms with Gasteiger partial charge in [0.25, 0.3) is 0 Å². The number of carboxylic acid groups (broad SMARTS) is 1. The van der Waals surface area contributed by atoms with Crippen LogP contribution in [-0.2, 0) is 0 Å². The van der Waals surface area contributed by atoms with E-state index < -0.39 is 11.8 Å². The lowest BCUT2D eigenvalue weighted by molar-refractivity contribution is 0.0692. The van der Waals surface area contributed by atoms with Crippen LogP contribution in [0, 0.1) is 5.82 Å². The van der Waals surface area contributed by atoms with E-state index in [0.29, 0.717) is 9.88 Å². The average Bonchev–Trinajstić information content (AvgIpc) is 2.77. The van der Waals surface area contributed by atoms with Crippen molar-refractivity contribution in [1.29, 1.82) is 0 Å². The van der Waals surface area contributed by atoms with Gasteiger partial charge in [-0.15, -0.1) is 11.3 Å². The highest BCUT2D eigenvalue weighted by molar-refractivity contribution is 7.15. The van der Waals surface area contributed by atoms with Crippen LogP contribution in [0.3, 0.4) is 0 Å². The average molecular weight is 300 g/mol. The molecule has 2 rings (SSSR count). The highest BCUT2D eigenvalue weighted by Crippen LogP contribution is 2.36. The van der Waals surface area contributed by atoms with Gasteiger partial charge in [-0.2, -0.15) is 0 Å². The monoisotopic (exact) mass is 299 g/mol. The minimum Gasteiger partial charge on any atom is -0.476 e. The molecule has 1 aromatic heterocycles. The number of rotatable bonds is 3. The second kappa shape index (κ2) is 5.27. The summed E-state index contributed by atoms with van der Waals surface area (Å²) in [6.07, 6.45) is 0. The van der Waals surface area contributed by atoms with Crippen molar-refractivity contribution in [1.82, 2.24) is 4.98 Å². The van der Waals surface area contributed by atoms with E-state index in [1.807, 2.05) is 13.8 Å². The number of nitrogens with zero attached hydrogens (tertiary/aromatic N) is 1. The van der Waals surface area contributed by atoms with Crippen molar-refractivity contribution in [3.05, 3.63) is 39.7 Å². The van der Waals surface area contributed by atoms with E-state index in [0.717, 1.165) is 0 Å². The second-order valence-corrected chi connectivity index (χ2v) is 5.73. The number of aromatic carboxylic acids is 1. The lowest BCUT2D eigenvalue weighted by atomic mass is 10.1. The van der Waals surface area contributed by atoms with E-state index in [9.17, 15) is 14.3 Å². The van der Waals surface area contributed by atoms with Gasteiger partial charge in [-0.3, -0.25) is 0 Å². The third-order valence-electron chi connectivity index (χ3n) is 2.54. The molecule has 3 nitrogen and oxygen atoms in total. The summed E-state index contributed by atoms with van der Waals surface area (Å²) in [5.41, 5.74) is 0.0455. The number of halogens is 2. The van der Waals surface area contributed by atoms with Crippen molar-refractivity contribution < 1.29 is 14.3 Å². The van der Waals surface area contributed by atoms with Gasteiger partial charge in [0.05, 0.1) is 14.9 Å². The summed E-state index contributed by atoms with van der Waals surface area (Å²) in [4.78, 5) is 15.6. The molecule has 19 heavy (non-hydrogen) atoms. The van der Waals surface area contributed by atoms with Gasteiger partial charge in [0.2, 0.25) is 0 Å². The van der Waals surface area contributed by atoms with Crippen LogP contribution in [0.4, 0.5) is 4.39 Å². The summed E-state index contributed by atoms with van der Waals surface area (Å²) < 4.78 is 14.0. The molecular formula is C13H11ClFNO2S. The summed E-state index contributed by atoms with van der Waals surface area (Å²) in [5, 5.41) is 9.80. The van der Waals surface area contributed by atoms with E-state index in [1.165, 1.54) is 23.5 Å². The fourth-order valence-corrected chi connectivity index (χ4v) is 2.84. The molecule has 100 valence electrons. The number of hydrogen-bond acceptors (Lipinski definition) is 3. The molecule has 0 atom stereocenters. The predicted octanol–water partition coefficient (Wildman–Crippen LogP) is 4.42. The zero-order valence-corrected chi connectivity index (χ0v) is 11.8. The molecule has 2 aromatic rings. The Bertz CT molecular complexity index is 640. The van der Waals surface area contributed by atoms with Crippen molar-refractivity contribution in [2.45, 2.75) is 19.8 Å². The quantitative estimate of drug-likeness (QED) is 0.912. The Hall–Kier alpha value is -1.46. The summed E-state index contributed by atoms with van der Waals surface area (Å²) in [7, 11) is 0. The van der Waals surface area contributed by atoms with E-state index in [-0.39, 0.29) is 22.2 Å². The molecule has 0 saturated carbocycles. The van der Waals surface area contributed by atoms with Crippen LogP contribution >= 0.6 is 22.9 Å². The maximum atomic E-state index is 14.0. The van der Waals surface area contributed by atoms with E-state index in [2.05, 4.69) is 4.98 Å². The molecule has 0 radical (unpaired) electrons. The minimum absolute atomic E-state index is 0.0339. The Morgan fingerprint density at radius 1 is 1.47 bits per heavy atom. The zero-order valence-electron chi connectivity index (χ0n) is 10.3. The smallest absolute Gasteiger partial charge is 0.356 e. The van der Waals surface area contributed by atoms with Crippen molar-refractivity contribution in [2.75, 3.05) is 0 Å². The van der Waals surface area contributed by atoms with Crippen LogP contribution in [0.2, 0.25) is 5.02 Å². The molecule has 0 aliphatic carbocycles. The van der Waals surface area contributed by atoms with E-state index in [4.69, 9.17) is 11.6 Å². The molecule has 0 spiro atoms. The topological polar surface area (TPSA) is 50.2 Å². The normalized spacial score (nSPS) is 11.0. The number of thiazole rings is 1. The number of benzene rings is 1. The summed E-state index contributed by atoms with van der Waals surface area (Å²) in [6.45, 7) is 3.81. The lowest BCUT2D eigenvalue weighted by Crippen LogP contribution is -2.00. The first kappa shape index (κ1) is 14.0. The third kappa shape index (κ3) is 2.62. The molecule has 0 fully saturated rings. The van der Waals surface area contributed by atoms with Crippen LogP contribution in [0.1, 0.15) is 35.3 Å². The molecule has 0 aliphatic rings. The number of hydrogen-bond donors (Lipinski definition) is 1. The zero-order chi connectivity index (χ0) is 14.2. The van der Waals surface area contributed by atoms with E-state index in [1.54, 1.807) is 6.07 Å². The number of carbonyl (C=O) groups is 1. The maximum absolute atomic E-state index is 14.0. The Morgan fingerprint density at radius 3 is 2.74 bits per heavy atom. The van der Waals surface area contributed by atoms with Crippen LogP contribution in [0.5, 0.6) is 0 Å². The molecule has 0 amide bonds. The fourth-order valence-electron chi connectivity index (χ4n) is 1.59. The Kier molecular flexibility index (Phi) is 3.87. The molecule has 0 saturated heterocycles. The molecule has 0 aliphatic heterocycles. The van der Waals surface area contributed by atoms with Crippen molar-refractivity contribution in [3.63, 3.8) is 0 Å². The first-order valence-electron chi connectivity index (χ1n) is 5.60. The molecule has 1 aromatic carbocycles. The first-order valence-corrected chi connectivity index (χ1v) is 6.79. The molecule has 0 unspecified atom stereocenters. The van der Waals surface area contributed by atoms with Gasteiger partial charge in [0.15, 0.2) is 5.69 Å². The summed E-state index contributed by atoms with van der Waals surface area (Å²) >= 11 is 6.91. The van der Waals surface area contributed by atoms with Crippen molar-refractivity contribution in [2.24, 2.45) is 0 Å². The van der Waals surface area contributed by atoms with Gasteiger partial charge < -0.3 is 5.11 Å². The van der Waals surface area contributed by atoms with Gasteiger partial charge in [-0.1, -0.05) is 37.6 Å². The van der Waals surface area contributed by atoms with Gasteiger partial charge in [-0.05, 0) is 6.07 Å². The van der Waals surface area contributed by atoms with E-state index >= 15 is 0 Å². The molecule has 6 heteroatoms. The predicted molar refractivity (Wildman–Crippen MR) is 73.6 cm³/mol. The Labute approximate surface area is 118 Å². The van der Waals surface area contributed by atoms with Crippen LogP contribution in [-0.4, -0.2) is 16.1 Å². The van der Waals surface area contributed by atoms with Crippen LogP contribution in [0.25, 0.3) is 10.4 Å². The Balaban J connectivity index is 2.67. The first-order chi connectivity index (χ1) is 8.91. The fraction of sp³-hybridized carbons (Fsp3) is 0.231.